The number of carbonyl (C=O) groups excluding carboxylic acids is 2. The van der Waals surface area contributed by atoms with Gasteiger partial charge in [-0.3, -0.25) is 9.59 Å². The van der Waals surface area contributed by atoms with Gasteiger partial charge in [-0.05, 0) is 30.9 Å². The van der Waals surface area contributed by atoms with Gasteiger partial charge in [-0.1, -0.05) is 31.0 Å². The summed E-state index contributed by atoms with van der Waals surface area (Å²) >= 11 is 0. The van der Waals surface area contributed by atoms with E-state index in [0.29, 0.717) is 6.54 Å². The van der Waals surface area contributed by atoms with Gasteiger partial charge >= 0.3 is 6.18 Å². The number of hydrogen-bond acceptors (Lipinski definition) is 2. The molecule has 1 aliphatic carbocycles. The number of benzene rings is 1. The number of likely N-dealkylation sites (tertiary alicyclic amines) is 1. The Kier molecular flexibility index (Phi) is 5.53. The predicted molar refractivity (Wildman–Crippen MR) is 90.2 cm³/mol. The van der Waals surface area contributed by atoms with Gasteiger partial charge in [-0.15, -0.1) is 0 Å². The van der Waals surface area contributed by atoms with Crippen LogP contribution in [0.2, 0.25) is 0 Å². The summed E-state index contributed by atoms with van der Waals surface area (Å²) in [7, 11) is 0. The molecule has 1 heterocycles. The molecule has 4 nitrogen and oxygen atoms in total. The van der Waals surface area contributed by atoms with Crippen molar-refractivity contribution in [2.24, 2.45) is 5.92 Å². The number of amides is 2. The normalized spacial score (nSPS) is 21.4. The number of rotatable bonds is 5. The van der Waals surface area contributed by atoms with E-state index in [0.717, 1.165) is 31.7 Å². The number of alkyl halides is 3. The third-order valence-electron chi connectivity index (χ3n) is 5.31. The Morgan fingerprint density at radius 1 is 1.19 bits per heavy atom. The van der Waals surface area contributed by atoms with E-state index in [1.807, 2.05) is 4.90 Å². The second-order valence-electron chi connectivity index (χ2n) is 7.08. The molecule has 26 heavy (non-hydrogen) atoms. The number of carbonyl (C=O) groups is 2. The van der Waals surface area contributed by atoms with Crippen LogP contribution in [0.1, 0.15) is 43.2 Å². The fourth-order valence-corrected chi connectivity index (χ4v) is 3.96. The van der Waals surface area contributed by atoms with Crippen molar-refractivity contribution in [2.75, 3.05) is 13.1 Å². The third kappa shape index (κ3) is 4.19. The Hall–Kier alpha value is -2.05. The highest BCUT2D eigenvalue weighted by atomic mass is 19.4. The van der Waals surface area contributed by atoms with Gasteiger partial charge in [-0.2, -0.15) is 13.2 Å². The van der Waals surface area contributed by atoms with E-state index in [-0.39, 0.29) is 42.8 Å². The molecule has 0 aromatic heterocycles. The largest absolute Gasteiger partial charge is 0.416 e. The van der Waals surface area contributed by atoms with E-state index in [1.165, 1.54) is 12.1 Å². The van der Waals surface area contributed by atoms with Crippen molar-refractivity contribution in [1.82, 2.24) is 10.2 Å². The van der Waals surface area contributed by atoms with Crippen LogP contribution in [0.3, 0.4) is 0 Å². The van der Waals surface area contributed by atoms with Crippen molar-refractivity contribution in [3.63, 3.8) is 0 Å². The molecule has 2 fully saturated rings. The first-order valence-electron chi connectivity index (χ1n) is 9.08. The number of nitrogens with zero attached hydrogens (tertiary/aromatic N) is 1. The van der Waals surface area contributed by atoms with Crippen LogP contribution in [0.25, 0.3) is 0 Å². The van der Waals surface area contributed by atoms with Gasteiger partial charge in [0.05, 0.1) is 11.5 Å². The number of hydrogen-bond donors (Lipinski definition) is 1. The third-order valence-corrected chi connectivity index (χ3v) is 5.31. The maximum atomic E-state index is 13.0. The first kappa shape index (κ1) is 18.7. The molecule has 1 aromatic rings. The predicted octanol–water partition coefficient (Wildman–Crippen LogP) is 3.16. The van der Waals surface area contributed by atoms with E-state index in [2.05, 4.69) is 5.32 Å². The Bertz CT molecular complexity index is 669. The topological polar surface area (TPSA) is 49.4 Å². The van der Waals surface area contributed by atoms with Crippen LogP contribution in [0, 0.1) is 5.92 Å². The summed E-state index contributed by atoms with van der Waals surface area (Å²) in [4.78, 5) is 26.3. The Labute approximate surface area is 150 Å². The second-order valence-corrected chi connectivity index (χ2v) is 7.08. The number of halogens is 3. The summed E-state index contributed by atoms with van der Waals surface area (Å²) in [6.07, 6.45) is 0.118. The molecule has 1 N–H and O–H groups in total. The van der Waals surface area contributed by atoms with Crippen LogP contribution in [0.15, 0.2) is 24.3 Å². The molecule has 0 bridgehead atoms. The van der Waals surface area contributed by atoms with Gasteiger partial charge in [0, 0.05) is 25.6 Å². The lowest BCUT2D eigenvalue weighted by Gasteiger charge is -2.23. The zero-order chi connectivity index (χ0) is 18.7. The summed E-state index contributed by atoms with van der Waals surface area (Å²) in [6.45, 7) is 0.550. The fourth-order valence-electron chi connectivity index (χ4n) is 3.96. The van der Waals surface area contributed by atoms with Gasteiger partial charge in [0.1, 0.15) is 0 Å². The molecule has 0 spiro atoms. The van der Waals surface area contributed by atoms with E-state index in [1.54, 1.807) is 6.07 Å². The minimum absolute atomic E-state index is 0.0134. The fraction of sp³-hybridized carbons (Fsp3) is 0.579. The molecular formula is C19H23F3N2O2. The van der Waals surface area contributed by atoms with Crippen LogP contribution in [0.4, 0.5) is 13.2 Å². The molecule has 142 valence electrons. The molecule has 1 saturated heterocycles. The zero-order valence-electron chi connectivity index (χ0n) is 14.5. The highest BCUT2D eigenvalue weighted by Gasteiger charge is 2.38. The first-order chi connectivity index (χ1) is 12.4. The van der Waals surface area contributed by atoms with Crippen LogP contribution in [-0.4, -0.2) is 35.8 Å². The summed E-state index contributed by atoms with van der Waals surface area (Å²) in [5.74, 6) is -0.635. The van der Waals surface area contributed by atoms with Gasteiger partial charge < -0.3 is 10.2 Å². The van der Waals surface area contributed by atoms with Gasteiger partial charge in [0.2, 0.25) is 11.8 Å². The molecule has 2 amide bonds. The Morgan fingerprint density at radius 3 is 2.58 bits per heavy atom. The summed E-state index contributed by atoms with van der Waals surface area (Å²) in [6, 6.07) is 5.63. The molecule has 7 heteroatoms. The van der Waals surface area contributed by atoms with Crippen molar-refractivity contribution in [3.05, 3.63) is 35.4 Å². The highest BCUT2D eigenvalue weighted by Crippen LogP contribution is 2.32. The van der Waals surface area contributed by atoms with Gasteiger partial charge in [0.25, 0.3) is 0 Å². The van der Waals surface area contributed by atoms with E-state index in [9.17, 15) is 22.8 Å². The van der Waals surface area contributed by atoms with E-state index in [4.69, 9.17) is 0 Å². The molecule has 1 aromatic carbocycles. The zero-order valence-corrected chi connectivity index (χ0v) is 14.5. The first-order valence-corrected chi connectivity index (χ1v) is 9.08. The highest BCUT2D eigenvalue weighted by molar-refractivity contribution is 5.89. The lowest BCUT2D eigenvalue weighted by Crippen LogP contribution is -2.37. The van der Waals surface area contributed by atoms with Crippen molar-refractivity contribution < 1.29 is 22.8 Å². The SMILES string of the molecule is O=C(NCCc1ccccc1C(F)(F)F)[C@@H]1CC(=O)N(C2CCCC2)C1. The summed E-state index contributed by atoms with van der Waals surface area (Å²) in [5, 5.41) is 2.70. The second kappa shape index (κ2) is 7.68. The minimum atomic E-state index is -4.40. The van der Waals surface area contributed by atoms with E-state index < -0.39 is 17.7 Å². The minimum Gasteiger partial charge on any atom is -0.355 e. The molecule has 0 unspecified atom stereocenters. The van der Waals surface area contributed by atoms with Crippen LogP contribution in [0.5, 0.6) is 0 Å². The maximum absolute atomic E-state index is 13.0. The molecule has 3 rings (SSSR count). The van der Waals surface area contributed by atoms with Crippen molar-refractivity contribution in [3.8, 4) is 0 Å². The van der Waals surface area contributed by atoms with Crippen molar-refractivity contribution in [2.45, 2.75) is 50.7 Å². The van der Waals surface area contributed by atoms with Crippen molar-refractivity contribution in [1.29, 1.82) is 0 Å². The van der Waals surface area contributed by atoms with Crippen LogP contribution < -0.4 is 5.32 Å². The summed E-state index contributed by atoms with van der Waals surface area (Å²) in [5.41, 5.74) is -0.506. The summed E-state index contributed by atoms with van der Waals surface area (Å²) < 4.78 is 39.0. The molecular weight excluding hydrogens is 345 g/mol. The molecule has 1 saturated carbocycles. The number of nitrogens with one attached hydrogen (secondary N) is 1. The monoisotopic (exact) mass is 368 g/mol. The van der Waals surface area contributed by atoms with E-state index >= 15 is 0 Å². The molecule has 1 aliphatic heterocycles. The van der Waals surface area contributed by atoms with Crippen LogP contribution >= 0.6 is 0 Å². The van der Waals surface area contributed by atoms with Crippen molar-refractivity contribution >= 4 is 11.8 Å². The average molecular weight is 368 g/mol. The smallest absolute Gasteiger partial charge is 0.355 e. The standard InChI is InChI=1S/C19H23F3N2O2/c20-19(21,22)16-8-4-1-5-13(16)9-10-23-18(26)14-11-17(25)24(12-14)15-6-2-3-7-15/h1,4-5,8,14-15H,2-3,6-7,9-12H2,(H,23,26)/t14-/m1/s1. The molecule has 2 aliphatic rings. The lowest BCUT2D eigenvalue weighted by molar-refractivity contribution is -0.138. The Morgan fingerprint density at radius 2 is 1.88 bits per heavy atom. The Balaban J connectivity index is 1.52. The van der Waals surface area contributed by atoms with Crippen LogP contribution in [-0.2, 0) is 22.2 Å². The molecule has 0 radical (unpaired) electrons. The molecule has 1 atom stereocenters. The maximum Gasteiger partial charge on any atom is 0.416 e. The quantitative estimate of drug-likeness (QED) is 0.868. The van der Waals surface area contributed by atoms with Gasteiger partial charge in [0.15, 0.2) is 0 Å². The van der Waals surface area contributed by atoms with Gasteiger partial charge in [-0.25, -0.2) is 0 Å². The average Bonchev–Trinajstić information content (AvgIpc) is 3.23. The lowest BCUT2D eigenvalue weighted by atomic mass is 10.0.